The lowest BCUT2D eigenvalue weighted by Gasteiger charge is -2.09. The maximum Gasteiger partial charge on any atom is 0.168 e. The van der Waals surface area contributed by atoms with Crippen molar-refractivity contribution in [3.05, 3.63) is 29.3 Å². The van der Waals surface area contributed by atoms with Crippen LogP contribution in [0.1, 0.15) is 18.4 Å². The molecule has 0 spiro atoms. The number of hydrogen-bond donors (Lipinski definition) is 1. The van der Waals surface area contributed by atoms with Gasteiger partial charge in [0, 0.05) is 11.6 Å². The van der Waals surface area contributed by atoms with Crippen LogP contribution in [-0.4, -0.2) is 13.7 Å². The molecule has 0 bridgehead atoms. The van der Waals surface area contributed by atoms with Gasteiger partial charge in [-0.1, -0.05) is 0 Å². The molecule has 15 heavy (non-hydrogen) atoms. The zero-order chi connectivity index (χ0) is 11.3. The Balaban J connectivity index is 2.84. The molecule has 0 saturated carbocycles. The van der Waals surface area contributed by atoms with Crippen molar-refractivity contribution in [1.29, 1.82) is 0 Å². The molecule has 0 heterocycles. The normalized spacial score (nSPS) is 10.4. The molecule has 0 atom stereocenters. The van der Waals surface area contributed by atoms with Crippen LogP contribution in [0.5, 0.6) is 5.75 Å². The largest absolute Gasteiger partial charge is 0.493 e. The van der Waals surface area contributed by atoms with Gasteiger partial charge in [0.15, 0.2) is 11.6 Å². The van der Waals surface area contributed by atoms with E-state index < -0.39 is 11.6 Å². The summed E-state index contributed by atoms with van der Waals surface area (Å²) in [5.74, 6) is -1.09. The highest BCUT2D eigenvalue weighted by atomic mass is 19.1. The topological polar surface area (TPSA) is 35.2 Å². The first-order valence-corrected chi connectivity index (χ1v) is 4.91. The van der Waals surface area contributed by atoms with Crippen molar-refractivity contribution < 1.29 is 13.5 Å². The molecule has 0 aliphatic rings. The van der Waals surface area contributed by atoms with Gasteiger partial charge < -0.3 is 10.5 Å². The molecule has 0 saturated heterocycles. The van der Waals surface area contributed by atoms with E-state index in [-0.39, 0.29) is 5.75 Å². The highest BCUT2D eigenvalue weighted by Gasteiger charge is 2.11. The van der Waals surface area contributed by atoms with E-state index in [1.54, 1.807) is 0 Å². The highest BCUT2D eigenvalue weighted by Crippen LogP contribution is 2.25. The van der Waals surface area contributed by atoms with E-state index in [1.807, 2.05) is 0 Å². The minimum Gasteiger partial charge on any atom is -0.493 e. The van der Waals surface area contributed by atoms with Crippen LogP contribution in [0.15, 0.2) is 12.1 Å². The number of nitrogens with two attached hydrogens (primary N) is 1. The van der Waals surface area contributed by atoms with E-state index in [9.17, 15) is 8.78 Å². The standard InChI is InChI=1S/C11H15F2NO/c1-15-11-8(4-2-3-5-14)6-9(12)7-10(11)13/h6-7H,2-5,14H2,1H3. The molecule has 0 fully saturated rings. The summed E-state index contributed by atoms with van der Waals surface area (Å²) in [4.78, 5) is 0. The fourth-order valence-corrected chi connectivity index (χ4v) is 1.49. The third kappa shape index (κ3) is 3.16. The van der Waals surface area contributed by atoms with Gasteiger partial charge in [-0.25, -0.2) is 8.78 Å². The lowest BCUT2D eigenvalue weighted by molar-refractivity contribution is 0.378. The predicted octanol–water partition coefficient (Wildman–Crippen LogP) is 2.25. The van der Waals surface area contributed by atoms with Crippen molar-refractivity contribution in [3.63, 3.8) is 0 Å². The quantitative estimate of drug-likeness (QED) is 0.764. The van der Waals surface area contributed by atoms with Crippen LogP contribution < -0.4 is 10.5 Å². The van der Waals surface area contributed by atoms with E-state index in [0.717, 1.165) is 18.9 Å². The second-order valence-electron chi connectivity index (χ2n) is 3.33. The summed E-state index contributed by atoms with van der Waals surface area (Å²) >= 11 is 0. The number of aryl methyl sites for hydroxylation is 1. The molecule has 2 nitrogen and oxygen atoms in total. The van der Waals surface area contributed by atoms with Gasteiger partial charge in [0.1, 0.15) is 5.82 Å². The molecule has 0 aliphatic heterocycles. The second kappa shape index (κ2) is 5.66. The van der Waals surface area contributed by atoms with Crippen molar-refractivity contribution in [1.82, 2.24) is 0 Å². The summed E-state index contributed by atoms with van der Waals surface area (Å²) in [6.45, 7) is 0.583. The van der Waals surface area contributed by atoms with Crippen LogP contribution in [-0.2, 0) is 6.42 Å². The van der Waals surface area contributed by atoms with Crippen LogP contribution in [0.25, 0.3) is 0 Å². The van der Waals surface area contributed by atoms with E-state index in [2.05, 4.69) is 0 Å². The summed E-state index contributed by atoms with van der Waals surface area (Å²) in [5.41, 5.74) is 5.90. The van der Waals surface area contributed by atoms with E-state index in [1.165, 1.54) is 13.2 Å². The Morgan fingerprint density at radius 2 is 2.00 bits per heavy atom. The number of ether oxygens (including phenoxy) is 1. The van der Waals surface area contributed by atoms with Crippen molar-refractivity contribution in [2.45, 2.75) is 19.3 Å². The molecule has 1 aromatic carbocycles. The third-order valence-electron chi connectivity index (χ3n) is 2.19. The van der Waals surface area contributed by atoms with Gasteiger partial charge in [-0.05, 0) is 31.9 Å². The molecule has 1 aromatic rings. The summed E-state index contributed by atoms with van der Waals surface area (Å²) in [5, 5.41) is 0. The second-order valence-corrected chi connectivity index (χ2v) is 3.33. The Kier molecular flexibility index (Phi) is 4.49. The number of halogens is 2. The summed E-state index contributed by atoms with van der Waals surface area (Å²) in [6, 6.07) is 2.13. The van der Waals surface area contributed by atoms with Crippen LogP contribution in [0.3, 0.4) is 0 Å². The SMILES string of the molecule is COc1c(F)cc(F)cc1CCCCN. The van der Waals surface area contributed by atoms with Gasteiger partial charge in [0.25, 0.3) is 0 Å². The minimum absolute atomic E-state index is 0.133. The Bertz CT molecular complexity index is 329. The van der Waals surface area contributed by atoms with Gasteiger partial charge in [0.05, 0.1) is 7.11 Å². The Hall–Kier alpha value is -1.16. The Morgan fingerprint density at radius 1 is 1.27 bits per heavy atom. The molecular weight excluding hydrogens is 200 g/mol. The zero-order valence-electron chi connectivity index (χ0n) is 8.72. The number of benzene rings is 1. The Morgan fingerprint density at radius 3 is 2.60 bits per heavy atom. The smallest absolute Gasteiger partial charge is 0.168 e. The summed E-state index contributed by atoms with van der Waals surface area (Å²) < 4.78 is 31.1. The number of hydrogen-bond acceptors (Lipinski definition) is 2. The molecule has 0 aromatic heterocycles. The van der Waals surface area contributed by atoms with Crippen molar-refractivity contribution >= 4 is 0 Å². The van der Waals surface area contributed by atoms with Crippen LogP contribution in [0.2, 0.25) is 0 Å². The first-order chi connectivity index (χ1) is 7.19. The van der Waals surface area contributed by atoms with Gasteiger partial charge in [-0.15, -0.1) is 0 Å². The maximum atomic E-state index is 13.2. The van der Waals surface area contributed by atoms with Crippen molar-refractivity contribution in [2.24, 2.45) is 5.73 Å². The van der Waals surface area contributed by atoms with Gasteiger partial charge >= 0.3 is 0 Å². The average molecular weight is 215 g/mol. The van der Waals surface area contributed by atoms with Crippen molar-refractivity contribution in [2.75, 3.05) is 13.7 Å². The fourth-order valence-electron chi connectivity index (χ4n) is 1.49. The zero-order valence-corrected chi connectivity index (χ0v) is 8.72. The van der Waals surface area contributed by atoms with Gasteiger partial charge in [-0.2, -0.15) is 0 Å². The van der Waals surface area contributed by atoms with Crippen LogP contribution >= 0.6 is 0 Å². The number of unbranched alkanes of at least 4 members (excludes halogenated alkanes) is 1. The molecule has 84 valence electrons. The minimum atomic E-state index is -0.653. The first kappa shape index (κ1) is 11.9. The number of rotatable bonds is 5. The molecule has 1 rings (SSSR count). The molecule has 0 amide bonds. The first-order valence-electron chi connectivity index (χ1n) is 4.91. The lowest BCUT2D eigenvalue weighted by Crippen LogP contribution is -2.01. The molecule has 0 unspecified atom stereocenters. The molecule has 0 aliphatic carbocycles. The molecule has 2 N–H and O–H groups in total. The highest BCUT2D eigenvalue weighted by molar-refractivity contribution is 5.35. The monoisotopic (exact) mass is 215 g/mol. The molecule has 0 radical (unpaired) electrons. The molecular formula is C11H15F2NO. The van der Waals surface area contributed by atoms with Crippen LogP contribution in [0.4, 0.5) is 8.78 Å². The average Bonchev–Trinajstić information content (AvgIpc) is 2.17. The van der Waals surface area contributed by atoms with Gasteiger partial charge in [-0.3, -0.25) is 0 Å². The lowest BCUT2D eigenvalue weighted by atomic mass is 10.1. The number of methoxy groups -OCH3 is 1. The van der Waals surface area contributed by atoms with E-state index in [4.69, 9.17) is 10.5 Å². The third-order valence-corrected chi connectivity index (χ3v) is 2.19. The maximum absolute atomic E-state index is 13.2. The van der Waals surface area contributed by atoms with E-state index >= 15 is 0 Å². The fraction of sp³-hybridized carbons (Fsp3) is 0.455. The van der Waals surface area contributed by atoms with E-state index in [0.29, 0.717) is 18.5 Å². The van der Waals surface area contributed by atoms with Crippen LogP contribution in [0, 0.1) is 11.6 Å². The predicted molar refractivity (Wildman–Crippen MR) is 54.9 cm³/mol. The van der Waals surface area contributed by atoms with Crippen molar-refractivity contribution in [3.8, 4) is 5.75 Å². The molecule has 4 heteroatoms. The summed E-state index contributed by atoms with van der Waals surface area (Å²) in [7, 11) is 1.38. The Labute approximate surface area is 88.0 Å². The summed E-state index contributed by atoms with van der Waals surface area (Å²) in [6.07, 6.45) is 2.21. The van der Waals surface area contributed by atoms with Gasteiger partial charge in [0.2, 0.25) is 0 Å².